The van der Waals surface area contributed by atoms with E-state index in [0.29, 0.717) is 39.6 Å². The summed E-state index contributed by atoms with van der Waals surface area (Å²) in [6.45, 7) is 6.67. The second-order valence-electron chi connectivity index (χ2n) is 4.73. The van der Waals surface area contributed by atoms with E-state index in [1.54, 1.807) is 13.2 Å². The van der Waals surface area contributed by atoms with E-state index in [4.69, 9.17) is 18.9 Å². The van der Waals surface area contributed by atoms with Crippen molar-refractivity contribution in [3.05, 3.63) is 25.1 Å². The predicted molar refractivity (Wildman–Crippen MR) is 81.8 cm³/mol. The van der Waals surface area contributed by atoms with E-state index >= 15 is 0 Å². The first-order valence-electron chi connectivity index (χ1n) is 7.30. The molecule has 0 saturated heterocycles. The van der Waals surface area contributed by atoms with Crippen molar-refractivity contribution in [2.75, 3.05) is 53.7 Å². The summed E-state index contributed by atoms with van der Waals surface area (Å²) in [5.74, 6) is -0.296. The molecular formula is C15H26N2O5. The van der Waals surface area contributed by atoms with Crippen molar-refractivity contribution in [3.63, 3.8) is 0 Å². The van der Waals surface area contributed by atoms with E-state index < -0.39 is 6.35 Å². The van der Waals surface area contributed by atoms with E-state index in [9.17, 15) is 4.79 Å². The van der Waals surface area contributed by atoms with Crippen molar-refractivity contribution in [3.8, 4) is 0 Å². The van der Waals surface area contributed by atoms with Gasteiger partial charge in [0, 0.05) is 33.1 Å². The smallest absolute Gasteiger partial charge is 0.311 e. The van der Waals surface area contributed by atoms with E-state index in [1.807, 2.05) is 29.2 Å². The number of carbonyl (C=O) groups is 1. The van der Waals surface area contributed by atoms with Crippen molar-refractivity contribution >= 4 is 5.97 Å². The maximum Gasteiger partial charge on any atom is 0.311 e. The second-order valence-corrected chi connectivity index (χ2v) is 4.73. The maximum absolute atomic E-state index is 11.8. The fourth-order valence-corrected chi connectivity index (χ4v) is 1.82. The summed E-state index contributed by atoms with van der Waals surface area (Å²) >= 11 is 0. The quantitative estimate of drug-likeness (QED) is 0.300. The van der Waals surface area contributed by atoms with E-state index in [1.165, 1.54) is 0 Å². The normalized spacial score (nSPS) is 17.1. The van der Waals surface area contributed by atoms with Gasteiger partial charge in [0.05, 0.1) is 39.5 Å². The van der Waals surface area contributed by atoms with Crippen LogP contribution in [0.2, 0.25) is 0 Å². The molecule has 0 aromatic carbocycles. The largest absolute Gasteiger partial charge is 0.422 e. The molecule has 126 valence electrons. The van der Waals surface area contributed by atoms with Gasteiger partial charge in [0.1, 0.15) is 0 Å². The first-order valence-corrected chi connectivity index (χ1v) is 7.30. The van der Waals surface area contributed by atoms with Crippen molar-refractivity contribution in [2.45, 2.75) is 12.8 Å². The van der Waals surface area contributed by atoms with Crippen molar-refractivity contribution in [2.24, 2.45) is 0 Å². The Kier molecular flexibility index (Phi) is 9.29. The zero-order valence-corrected chi connectivity index (χ0v) is 13.4. The highest BCUT2D eigenvalue weighted by molar-refractivity contribution is 5.69. The Balaban J connectivity index is 2.09. The summed E-state index contributed by atoms with van der Waals surface area (Å²) in [6.07, 6.45) is 5.28. The zero-order valence-electron chi connectivity index (χ0n) is 13.4. The van der Waals surface area contributed by atoms with Gasteiger partial charge in [0.15, 0.2) is 0 Å². The number of rotatable bonds is 12. The number of nitrogens with zero attached hydrogens (tertiary/aromatic N) is 2. The van der Waals surface area contributed by atoms with E-state index in [0.717, 1.165) is 0 Å². The third-order valence-electron chi connectivity index (χ3n) is 2.96. The molecule has 0 saturated carbocycles. The Labute approximate surface area is 132 Å². The Morgan fingerprint density at radius 2 is 1.86 bits per heavy atom. The second kappa shape index (κ2) is 11.1. The molecule has 0 amide bonds. The number of hydrogen-bond acceptors (Lipinski definition) is 7. The van der Waals surface area contributed by atoms with E-state index in [-0.39, 0.29) is 12.4 Å². The first-order chi connectivity index (χ1) is 10.7. The molecule has 0 fully saturated rings. The summed E-state index contributed by atoms with van der Waals surface area (Å²) in [5, 5.41) is 0. The molecular weight excluding hydrogens is 288 g/mol. The Bertz CT molecular complexity index is 362. The summed E-state index contributed by atoms with van der Waals surface area (Å²) in [4.78, 5) is 15.5. The highest BCUT2D eigenvalue weighted by Crippen LogP contribution is 2.15. The molecule has 7 heteroatoms. The summed E-state index contributed by atoms with van der Waals surface area (Å²) in [7, 11) is 3.48. The van der Waals surface area contributed by atoms with Gasteiger partial charge in [-0.25, -0.2) is 0 Å². The molecule has 1 heterocycles. The van der Waals surface area contributed by atoms with Crippen molar-refractivity contribution in [1.29, 1.82) is 0 Å². The number of hydrogen-bond donors (Lipinski definition) is 0. The van der Waals surface area contributed by atoms with Crippen LogP contribution in [0.4, 0.5) is 0 Å². The maximum atomic E-state index is 11.8. The first kappa shape index (κ1) is 18.5. The molecule has 0 spiro atoms. The van der Waals surface area contributed by atoms with Crippen molar-refractivity contribution in [1.82, 2.24) is 9.80 Å². The Morgan fingerprint density at radius 3 is 2.55 bits per heavy atom. The summed E-state index contributed by atoms with van der Waals surface area (Å²) in [5.41, 5.74) is 0. The van der Waals surface area contributed by atoms with Gasteiger partial charge in [-0.15, -0.1) is 6.58 Å². The summed E-state index contributed by atoms with van der Waals surface area (Å²) < 4.78 is 20.8. The predicted octanol–water partition coefficient (Wildman–Crippen LogP) is 0.788. The van der Waals surface area contributed by atoms with Gasteiger partial charge in [-0.05, 0) is 0 Å². The van der Waals surface area contributed by atoms with Gasteiger partial charge >= 0.3 is 5.97 Å². The average Bonchev–Trinajstić information content (AvgIpc) is 2.83. The lowest BCUT2D eigenvalue weighted by atomic mass is 10.4. The average molecular weight is 314 g/mol. The number of ether oxygens (including phenoxy) is 4. The fraction of sp³-hybridized carbons (Fsp3) is 0.667. The lowest BCUT2D eigenvalue weighted by Crippen LogP contribution is -2.40. The zero-order chi connectivity index (χ0) is 16.2. The molecule has 1 rings (SSSR count). The molecule has 22 heavy (non-hydrogen) atoms. The minimum Gasteiger partial charge on any atom is -0.422 e. The van der Waals surface area contributed by atoms with Crippen LogP contribution in [0.3, 0.4) is 0 Å². The molecule has 0 aliphatic carbocycles. The molecule has 1 aliphatic rings. The van der Waals surface area contributed by atoms with Crippen LogP contribution < -0.4 is 0 Å². The van der Waals surface area contributed by atoms with Crippen LogP contribution in [0.15, 0.2) is 25.1 Å². The number of carbonyl (C=O) groups excluding carboxylic acids is 1. The molecule has 0 radical (unpaired) electrons. The van der Waals surface area contributed by atoms with Gasteiger partial charge in [0.25, 0.3) is 6.35 Å². The number of esters is 1. The standard InChI is InChI=1S/C15H26N2O5/c1-4-6-17-8-7-16(2)15(17)22-14(18)5-9-20-12-13-21-11-10-19-3/h4,7-8,15H,1,5-6,9-13H2,2-3H3. The Hall–Kier alpha value is -1.57. The topological polar surface area (TPSA) is 60.5 Å². The highest BCUT2D eigenvalue weighted by atomic mass is 16.6. The third-order valence-corrected chi connectivity index (χ3v) is 2.96. The minimum atomic E-state index is -0.414. The SMILES string of the molecule is C=CCN1C=CN(C)C1OC(=O)CCOCCOCCOC. The molecule has 1 unspecified atom stereocenters. The van der Waals surface area contributed by atoms with E-state index in [2.05, 4.69) is 6.58 Å². The van der Waals surface area contributed by atoms with Gasteiger partial charge in [-0.1, -0.05) is 6.08 Å². The molecule has 1 aliphatic heterocycles. The van der Waals surface area contributed by atoms with Crippen LogP contribution in [0.5, 0.6) is 0 Å². The lowest BCUT2D eigenvalue weighted by molar-refractivity contribution is -0.167. The van der Waals surface area contributed by atoms with Gasteiger partial charge in [0.2, 0.25) is 0 Å². The van der Waals surface area contributed by atoms with Crippen LogP contribution in [-0.2, 0) is 23.7 Å². The third kappa shape index (κ3) is 6.93. The number of methoxy groups -OCH3 is 1. The Morgan fingerprint density at radius 1 is 1.18 bits per heavy atom. The highest BCUT2D eigenvalue weighted by Gasteiger charge is 2.26. The fourth-order valence-electron chi connectivity index (χ4n) is 1.82. The van der Waals surface area contributed by atoms with Gasteiger partial charge in [-0.2, -0.15) is 0 Å². The molecule has 1 atom stereocenters. The van der Waals surface area contributed by atoms with Crippen LogP contribution in [-0.4, -0.2) is 75.9 Å². The molecule has 7 nitrogen and oxygen atoms in total. The minimum absolute atomic E-state index is 0.213. The molecule has 0 aromatic rings. The van der Waals surface area contributed by atoms with Crippen molar-refractivity contribution < 1.29 is 23.7 Å². The van der Waals surface area contributed by atoms with Gasteiger partial charge in [-0.3, -0.25) is 4.79 Å². The monoisotopic (exact) mass is 314 g/mol. The summed E-state index contributed by atoms with van der Waals surface area (Å²) in [6, 6.07) is 0. The molecule has 0 aromatic heterocycles. The van der Waals surface area contributed by atoms with Crippen LogP contribution in [0.1, 0.15) is 6.42 Å². The lowest BCUT2D eigenvalue weighted by Gasteiger charge is -2.28. The van der Waals surface area contributed by atoms with Gasteiger partial charge < -0.3 is 28.7 Å². The molecule has 0 bridgehead atoms. The molecule has 0 N–H and O–H groups in total. The van der Waals surface area contributed by atoms with Crippen LogP contribution in [0.25, 0.3) is 0 Å². The van der Waals surface area contributed by atoms with Crippen LogP contribution >= 0.6 is 0 Å². The van der Waals surface area contributed by atoms with Crippen LogP contribution in [0, 0.1) is 0 Å².